The largest absolute Gasteiger partial charge is 0.469 e. The lowest BCUT2D eigenvalue weighted by Gasteiger charge is -2.10. The first-order valence-corrected chi connectivity index (χ1v) is 4.73. The quantitative estimate of drug-likeness (QED) is 0.686. The van der Waals surface area contributed by atoms with Gasteiger partial charge in [-0.05, 0) is 13.8 Å². The lowest BCUT2D eigenvalue weighted by molar-refractivity contribution is -0.140. The van der Waals surface area contributed by atoms with Crippen LogP contribution in [0.3, 0.4) is 0 Å². The predicted octanol–water partition coefficient (Wildman–Crippen LogP) is 1.57. The van der Waals surface area contributed by atoms with Crippen LogP contribution in [0, 0.1) is 0 Å². The van der Waals surface area contributed by atoms with Crippen LogP contribution in [-0.4, -0.2) is 22.6 Å². The Hall–Kier alpha value is -1.32. The average Bonchev–Trinajstić information content (AvgIpc) is 2.62. The number of esters is 1. The van der Waals surface area contributed by atoms with E-state index in [1.54, 1.807) is 6.20 Å². The number of rotatable bonds is 4. The normalized spacial score (nSPS) is 10.6. The van der Waals surface area contributed by atoms with Gasteiger partial charge in [-0.1, -0.05) is 0 Å². The molecule has 0 atom stereocenters. The Labute approximate surface area is 83.9 Å². The summed E-state index contributed by atoms with van der Waals surface area (Å²) in [5, 5.41) is 0. The number of hydrogen-bond donors (Lipinski definition) is 0. The molecule has 0 aliphatic carbocycles. The second-order valence-electron chi connectivity index (χ2n) is 3.42. The Morgan fingerprint density at radius 1 is 1.64 bits per heavy atom. The standard InChI is InChI=1S/C10H16N2O2/c1-8(2)12-7-6-11-9(12)4-5-10(13)14-3/h6-8H,4-5H2,1-3H3. The van der Waals surface area contributed by atoms with E-state index in [4.69, 9.17) is 0 Å². The van der Waals surface area contributed by atoms with E-state index in [9.17, 15) is 4.79 Å². The molecule has 1 heterocycles. The van der Waals surface area contributed by atoms with Crippen molar-refractivity contribution in [3.63, 3.8) is 0 Å². The molecular weight excluding hydrogens is 180 g/mol. The SMILES string of the molecule is COC(=O)CCc1nccn1C(C)C. The third-order valence-electron chi connectivity index (χ3n) is 2.09. The van der Waals surface area contributed by atoms with Crippen molar-refractivity contribution in [3.05, 3.63) is 18.2 Å². The average molecular weight is 196 g/mol. The first-order valence-electron chi connectivity index (χ1n) is 4.73. The van der Waals surface area contributed by atoms with Crippen LogP contribution in [0.15, 0.2) is 12.4 Å². The molecule has 78 valence electrons. The number of carbonyl (C=O) groups excluding carboxylic acids is 1. The van der Waals surface area contributed by atoms with E-state index >= 15 is 0 Å². The van der Waals surface area contributed by atoms with Crippen molar-refractivity contribution in [2.45, 2.75) is 32.7 Å². The van der Waals surface area contributed by atoms with Crippen molar-refractivity contribution >= 4 is 5.97 Å². The van der Waals surface area contributed by atoms with Gasteiger partial charge in [-0.25, -0.2) is 4.98 Å². The third kappa shape index (κ3) is 2.58. The minimum atomic E-state index is -0.191. The van der Waals surface area contributed by atoms with Crippen molar-refractivity contribution in [1.29, 1.82) is 0 Å². The molecule has 0 radical (unpaired) electrons. The van der Waals surface area contributed by atoms with E-state index in [-0.39, 0.29) is 5.97 Å². The second kappa shape index (κ2) is 4.79. The summed E-state index contributed by atoms with van der Waals surface area (Å²) >= 11 is 0. The molecular formula is C10H16N2O2. The third-order valence-corrected chi connectivity index (χ3v) is 2.09. The van der Waals surface area contributed by atoms with Gasteiger partial charge in [-0.15, -0.1) is 0 Å². The van der Waals surface area contributed by atoms with E-state index in [1.807, 2.05) is 6.20 Å². The topological polar surface area (TPSA) is 44.1 Å². The number of imidazole rings is 1. The van der Waals surface area contributed by atoms with E-state index in [0.29, 0.717) is 18.9 Å². The van der Waals surface area contributed by atoms with Crippen LogP contribution in [0.25, 0.3) is 0 Å². The Balaban J connectivity index is 2.58. The van der Waals surface area contributed by atoms with Crippen LogP contribution in [0.1, 0.15) is 32.1 Å². The van der Waals surface area contributed by atoms with E-state index in [1.165, 1.54) is 7.11 Å². The van der Waals surface area contributed by atoms with Crippen LogP contribution in [0.2, 0.25) is 0 Å². The molecule has 1 aromatic rings. The van der Waals surface area contributed by atoms with Gasteiger partial charge < -0.3 is 9.30 Å². The predicted molar refractivity (Wildman–Crippen MR) is 52.9 cm³/mol. The first-order chi connectivity index (χ1) is 6.65. The Kier molecular flexibility index (Phi) is 3.68. The highest BCUT2D eigenvalue weighted by atomic mass is 16.5. The zero-order valence-electron chi connectivity index (χ0n) is 8.86. The van der Waals surface area contributed by atoms with E-state index in [0.717, 1.165) is 5.82 Å². The molecule has 0 aliphatic rings. The maximum absolute atomic E-state index is 10.9. The van der Waals surface area contributed by atoms with Crippen LogP contribution >= 0.6 is 0 Å². The van der Waals surface area contributed by atoms with Crippen molar-refractivity contribution < 1.29 is 9.53 Å². The smallest absolute Gasteiger partial charge is 0.305 e. The summed E-state index contributed by atoms with van der Waals surface area (Å²) < 4.78 is 6.63. The maximum Gasteiger partial charge on any atom is 0.305 e. The number of aryl methyl sites for hydroxylation is 1. The maximum atomic E-state index is 10.9. The number of carbonyl (C=O) groups is 1. The first kappa shape index (κ1) is 10.8. The highest BCUT2D eigenvalue weighted by Gasteiger charge is 2.08. The fraction of sp³-hybridized carbons (Fsp3) is 0.600. The molecule has 0 aromatic carbocycles. The molecule has 4 nitrogen and oxygen atoms in total. The van der Waals surface area contributed by atoms with Gasteiger partial charge in [0.1, 0.15) is 5.82 Å². The van der Waals surface area contributed by atoms with Gasteiger partial charge in [0.05, 0.1) is 13.5 Å². The zero-order chi connectivity index (χ0) is 10.6. The van der Waals surface area contributed by atoms with Crippen LogP contribution in [0.4, 0.5) is 0 Å². The summed E-state index contributed by atoms with van der Waals surface area (Å²) in [5.74, 6) is 0.744. The van der Waals surface area contributed by atoms with Crippen LogP contribution in [-0.2, 0) is 16.0 Å². The van der Waals surface area contributed by atoms with E-state index in [2.05, 4.69) is 28.1 Å². The fourth-order valence-electron chi connectivity index (χ4n) is 1.32. The van der Waals surface area contributed by atoms with E-state index < -0.39 is 0 Å². The lowest BCUT2D eigenvalue weighted by atomic mass is 10.3. The number of hydrogen-bond acceptors (Lipinski definition) is 3. The van der Waals surface area contributed by atoms with Gasteiger partial charge in [-0.2, -0.15) is 0 Å². The van der Waals surface area contributed by atoms with Crippen molar-refractivity contribution in [3.8, 4) is 0 Å². The van der Waals surface area contributed by atoms with Crippen molar-refractivity contribution in [2.24, 2.45) is 0 Å². The molecule has 0 fully saturated rings. The fourth-order valence-corrected chi connectivity index (χ4v) is 1.32. The van der Waals surface area contributed by atoms with Gasteiger partial charge in [0.25, 0.3) is 0 Å². The van der Waals surface area contributed by atoms with Gasteiger partial charge in [0, 0.05) is 24.9 Å². The molecule has 1 rings (SSSR count). The zero-order valence-corrected chi connectivity index (χ0v) is 8.86. The lowest BCUT2D eigenvalue weighted by Crippen LogP contribution is -2.09. The summed E-state index contributed by atoms with van der Waals surface area (Å²) in [7, 11) is 1.40. The molecule has 0 bridgehead atoms. The van der Waals surface area contributed by atoms with Gasteiger partial charge in [0.2, 0.25) is 0 Å². The Bertz CT molecular complexity index is 305. The molecule has 1 aromatic heterocycles. The molecule has 0 N–H and O–H groups in total. The summed E-state index contributed by atoms with van der Waals surface area (Å²) in [4.78, 5) is 15.1. The molecule has 0 saturated heterocycles. The molecule has 0 unspecified atom stereocenters. The van der Waals surface area contributed by atoms with Crippen LogP contribution in [0.5, 0.6) is 0 Å². The molecule has 14 heavy (non-hydrogen) atoms. The minimum Gasteiger partial charge on any atom is -0.469 e. The van der Waals surface area contributed by atoms with Crippen LogP contribution < -0.4 is 0 Å². The summed E-state index contributed by atoms with van der Waals surface area (Å²) in [6.45, 7) is 4.17. The Morgan fingerprint density at radius 2 is 2.36 bits per heavy atom. The minimum absolute atomic E-state index is 0.191. The monoisotopic (exact) mass is 196 g/mol. The van der Waals surface area contributed by atoms with Gasteiger partial charge in [-0.3, -0.25) is 4.79 Å². The molecule has 0 spiro atoms. The highest BCUT2D eigenvalue weighted by Crippen LogP contribution is 2.09. The highest BCUT2D eigenvalue weighted by molar-refractivity contribution is 5.69. The summed E-state index contributed by atoms with van der Waals surface area (Å²) in [5.41, 5.74) is 0. The molecule has 4 heteroatoms. The number of ether oxygens (including phenoxy) is 1. The molecule has 0 amide bonds. The van der Waals surface area contributed by atoms with Crippen molar-refractivity contribution in [2.75, 3.05) is 7.11 Å². The molecule has 0 saturated carbocycles. The Morgan fingerprint density at radius 3 is 2.93 bits per heavy atom. The summed E-state index contributed by atoms with van der Waals surface area (Å²) in [6, 6.07) is 0.380. The second-order valence-corrected chi connectivity index (χ2v) is 3.42. The van der Waals surface area contributed by atoms with Gasteiger partial charge in [0.15, 0.2) is 0 Å². The number of aromatic nitrogens is 2. The molecule has 0 aliphatic heterocycles. The summed E-state index contributed by atoms with van der Waals surface area (Å²) in [6.07, 6.45) is 4.71. The van der Waals surface area contributed by atoms with Gasteiger partial charge >= 0.3 is 5.97 Å². The van der Waals surface area contributed by atoms with Crippen molar-refractivity contribution in [1.82, 2.24) is 9.55 Å². The number of methoxy groups -OCH3 is 1. The number of nitrogens with zero attached hydrogens (tertiary/aromatic N) is 2.